The zero-order valence-electron chi connectivity index (χ0n) is 11.7. The first-order valence-corrected chi connectivity index (χ1v) is 7.41. The van der Waals surface area contributed by atoms with Gasteiger partial charge >= 0.3 is 0 Å². The van der Waals surface area contributed by atoms with Crippen LogP contribution in [0.25, 0.3) is 10.9 Å². The van der Waals surface area contributed by atoms with Crippen LogP contribution in [0.15, 0.2) is 18.3 Å². The third-order valence-electron chi connectivity index (χ3n) is 4.21. The number of benzene rings is 1. The molecule has 0 saturated carbocycles. The molecule has 2 heterocycles. The summed E-state index contributed by atoms with van der Waals surface area (Å²) < 4.78 is 5.47. The number of rotatable bonds is 3. The van der Waals surface area contributed by atoms with Gasteiger partial charge < -0.3 is 14.4 Å². The molecule has 3 rings (SSSR count). The fraction of sp³-hybridized carbons (Fsp3) is 0.467. The summed E-state index contributed by atoms with van der Waals surface area (Å²) >= 11 is 0. The third kappa shape index (κ3) is 1.83. The van der Waals surface area contributed by atoms with Crippen LogP contribution in [0, 0.1) is 0 Å². The summed E-state index contributed by atoms with van der Waals surface area (Å²) in [6.07, 6.45) is 3.18. The molecule has 1 aliphatic rings. The predicted molar refractivity (Wildman–Crippen MR) is 84.2 cm³/mol. The highest BCUT2D eigenvalue weighted by atomic mass is 31.0. The zero-order valence-corrected chi connectivity index (χ0v) is 12.9. The maximum absolute atomic E-state index is 5.47. The Balaban J connectivity index is 2.28. The van der Waals surface area contributed by atoms with Crippen molar-refractivity contribution < 1.29 is 4.52 Å². The number of hydrogen-bond donors (Lipinski definition) is 1. The van der Waals surface area contributed by atoms with Crippen LogP contribution in [0.3, 0.4) is 0 Å². The van der Waals surface area contributed by atoms with Crippen LogP contribution in [0.5, 0.6) is 5.75 Å². The Labute approximate surface area is 116 Å². The molecule has 1 N–H and O–H groups in total. The number of fused-ring (bicyclic) bond motifs is 3. The van der Waals surface area contributed by atoms with Crippen molar-refractivity contribution in [1.82, 2.24) is 4.98 Å². The molecule has 0 saturated heterocycles. The molecule has 2 aromatic rings. The van der Waals surface area contributed by atoms with E-state index in [1.54, 1.807) is 0 Å². The molecule has 0 aliphatic carbocycles. The predicted octanol–water partition coefficient (Wildman–Crippen LogP) is 4.06. The fourth-order valence-electron chi connectivity index (χ4n) is 3.22. The minimum atomic E-state index is 0.518. The van der Waals surface area contributed by atoms with Crippen molar-refractivity contribution in [2.24, 2.45) is 0 Å². The highest BCUT2D eigenvalue weighted by molar-refractivity contribution is 7.10. The summed E-state index contributed by atoms with van der Waals surface area (Å²) in [5.41, 5.74) is 3.93. The number of aromatic amines is 1. The summed E-state index contributed by atoms with van der Waals surface area (Å²) in [6, 6.07) is 4.87. The first-order valence-electron chi connectivity index (χ1n) is 6.94. The topological polar surface area (TPSA) is 28.3 Å². The largest absolute Gasteiger partial charge is 0.478 e. The van der Waals surface area contributed by atoms with Crippen molar-refractivity contribution in [3.8, 4) is 5.75 Å². The lowest BCUT2D eigenvalue weighted by molar-refractivity contribution is 0.630. The van der Waals surface area contributed by atoms with E-state index in [-0.39, 0.29) is 0 Å². The van der Waals surface area contributed by atoms with E-state index in [1.165, 1.54) is 23.1 Å². The van der Waals surface area contributed by atoms with Gasteiger partial charge in [0.15, 0.2) is 0 Å². The van der Waals surface area contributed by atoms with E-state index in [9.17, 15) is 0 Å². The standard InChI is InChI=1S/C15H21N2OP/c1-4-10-8-17(9(2)3)12-7-13(18-19)15-11(14(10)12)5-6-16-15/h5-7,9-10,16H,4,8,19H2,1-3H3/t10-/m1/s1. The van der Waals surface area contributed by atoms with Gasteiger partial charge in [0.2, 0.25) is 0 Å². The van der Waals surface area contributed by atoms with Crippen molar-refractivity contribution >= 4 is 26.1 Å². The van der Waals surface area contributed by atoms with Crippen LogP contribution in [-0.4, -0.2) is 17.6 Å². The maximum Gasteiger partial charge on any atom is 0.148 e. The third-order valence-corrected chi connectivity index (χ3v) is 4.46. The van der Waals surface area contributed by atoms with Gasteiger partial charge in [-0.05, 0) is 31.9 Å². The molecule has 1 unspecified atom stereocenters. The van der Waals surface area contributed by atoms with Crippen molar-refractivity contribution in [1.29, 1.82) is 0 Å². The molecule has 1 aromatic carbocycles. The molecule has 0 spiro atoms. The number of nitrogens with one attached hydrogen (secondary N) is 1. The van der Waals surface area contributed by atoms with Crippen molar-refractivity contribution in [3.63, 3.8) is 0 Å². The summed E-state index contributed by atoms with van der Waals surface area (Å²) in [6.45, 7) is 7.90. The molecule has 1 aliphatic heterocycles. The fourth-order valence-corrected chi connectivity index (χ4v) is 3.40. The summed E-state index contributed by atoms with van der Waals surface area (Å²) in [5, 5.41) is 1.31. The Hall–Kier alpha value is -1.21. The Morgan fingerprint density at radius 2 is 2.32 bits per heavy atom. The average Bonchev–Trinajstić information content (AvgIpc) is 3.00. The summed E-state index contributed by atoms with van der Waals surface area (Å²) in [4.78, 5) is 5.79. The van der Waals surface area contributed by atoms with E-state index in [1.807, 2.05) is 6.20 Å². The molecule has 0 amide bonds. The van der Waals surface area contributed by atoms with Gasteiger partial charge in [0, 0.05) is 41.8 Å². The number of H-pyrrole nitrogens is 1. The summed E-state index contributed by atoms with van der Waals surface area (Å²) in [7, 11) is 2.36. The minimum Gasteiger partial charge on any atom is -0.478 e. The first kappa shape index (κ1) is 12.8. The molecule has 102 valence electrons. The van der Waals surface area contributed by atoms with Gasteiger partial charge in [-0.25, -0.2) is 0 Å². The number of anilines is 1. The van der Waals surface area contributed by atoms with E-state index in [0.717, 1.165) is 17.8 Å². The molecule has 0 fully saturated rings. The monoisotopic (exact) mass is 276 g/mol. The number of hydrogen-bond acceptors (Lipinski definition) is 2. The van der Waals surface area contributed by atoms with Gasteiger partial charge in [-0.1, -0.05) is 6.92 Å². The van der Waals surface area contributed by atoms with Gasteiger partial charge in [-0.15, -0.1) is 0 Å². The lowest BCUT2D eigenvalue weighted by Gasteiger charge is -2.24. The lowest BCUT2D eigenvalue weighted by Crippen LogP contribution is -2.29. The lowest BCUT2D eigenvalue weighted by atomic mass is 9.95. The Morgan fingerprint density at radius 3 is 2.95 bits per heavy atom. The van der Waals surface area contributed by atoms with E-state index in [0.29, 0.717) is 12.0 Å². The number of aromatic nitrogens is 1. The normalized spacial score (nSPS) is 18.4. The molecule has 4 heteroatoms. The SMILES string of the molecule is CC[C@@H]1CN(C(C)C)c2cc(OP)c3[nH]ccc3c21. The van der Waals surface area contributed by atoms with Crippen LogP contribution in [0.1, 0.15) is 38.7 Å². The Kier molecular flexibility index (Phi) is 3.18. The second-order valence-corrected chi connectivity index (χ2v) is 5.78. The van der Waals surface area contributed by atoms with Gasteiger partial charge in [0.05, 0.1) is 15.0 Å². The van der Waals surface area contributed by atoms with Gasteiger partial charge in [0.1, 0.15) is 5.75 Å². The Morgan fingerprint density at radius 1 is 1.53 bits per heavy atom. The molecule has 1 aromatic heterocycles. The number of nitrogens with zero attached hydrogens (tertiary/aromatic N) is 1. The van der Waals surface area contributed by atoms with Crippen molar-refractivity contribution in [2.75, 3.05) is 11.4 Å². The Bertz CT molecular complexity index is 605. The van der Waals surface area contributed by atoms with Crippen LogP contribution >= 0.6 is 9.47 Å². The van der Waals surface area contributed by atoms with Gasteiger partial charge in [-0.3, -0.25) is 0 Å². The van der Waals surface area contributed by atoms with E-state index >= 15 is 0 Å². The van der Waals surface area contributed by atoms with E-state index < -0.39 is 0 Å². The highest BCUT2D eigenvalue weighted by Gasteiger charge is 2.32. The minimum absolute atomic E-state index is 0.518. The molecule has 2 atom stereocenters. The van der Waals surface area contributed by atoms with Crippen LogP contribution < -0.4 is 9.42 Å². The zero-order chi connectivity index (χ0) is 13.6. The van der Waals surface area contributed by atoms with E-state index in [2.05, 4.69) is 52.3 Å². The van der Waals surface area contributed by atoms with Crippen molar-refractivity contribution in [2.45, 2.75) is 39.2 Å². The van der Waals surface area contributed by atoms with Crippen LogP contribution in [0.2, 0.25) is 0 Å². The molecular weight excluding hydrogens is 255 g/mol. The van der Waals surface area contributed by atoms with Gasteiger partial charge in [0.25, 0.3) is 0 Å². The molecule has 0 bridgehead atoms. The van der Waals surface area contributed by atoms with Gasteiger partial charge in [-0.2, -0.15) is 0 Å². The average molecular weight is 276 g/mol. The second-order valence-electron chi connectivity index (χ2n) is 5.54. The van der Waals surface area contributed by atoms with Crippen LogP contribution in [0.4, 0.5) is 5.69 Å². The molecule has 0 radical (unpaired) electrons. The highest BCUT2D eigenvalue weighted by Crippen LogP contribution is 2.46. The van der Waals surface area contributed by atoms with Crippen molar-refractivity contribution in [3.05, 3.63) is 23.9 Å². The van der Waals surface area contributed by atoms with E-state index in [4.69, 9.17) is 4.52 Å². The molecule has 3 nitrogen and oxygen atoms in total. The molecule has 19 heavy (non-hydrogen) atoms. The second kappa shape index (κ2) is 4.72. The first-order chi connectivity index (χ1) is 9.17. The van der Waals surface area contributed by atoms with Crippen LogP contribution in [-0.2, 0) is 0 Å². The summed E-state index contributed by atoms with van der Waals surface area (Å²) in [5.74, 6) is 1.53. The smallest absolute Gasteiger partial charge is 0.148 e. The maximum atomic E-state index is 5.47. The quantitative estimate of drug-likeness (QED) is 0.856. The molecular formula is C15H21N2OP.